The summed E-state index contributed by atoms with van der Waals surface area (Å²) >= 11 is 7.62. The molecule has 1 aromatic heterocycles. The molecule has 0 fully saturated rings. The fraction of sp³-hybridized carbons (Fsp3) is 0.130. The number of ketones is 1. The van der Waals surface area contributed by atoms with E-state index < -0.39 is 11.9 Å². The minimum atomic E-state index is -0.969. The molecule has 5 heteroatoms. The lowest BCUT2D eigenvalue weighted by Crippen LogP contribution is -2.24. The van der Waals surface area contributed by atoms with E-state index >= 15 is 0 Å². The standard InChI is InChI=1S/C23H17ClO3S/c1-27-23(26)22(19-13-28-21-9-8-17(24)12-18(19)21)20(25)11-14-6-7-15-4-2-3-5-16(15)10-14/h2-10,12-13,22H,11H2,1H3. The van der Waals surface area contributed by atoms with Crippen molar-refractivity contribution in [2.75, 3.05) is 7.11 Å². The zero-order valence-corrected chi connectivity index (χ0v) is 16.7. The Morgan fingerprint density at radius 3 is 2.61 bits per heavy atom. The van der Waals surface area contributed by atoms with E-state index in [0.717, 1.165) is 26.4 Å². The molecule has 0 amide bonds. The Labute approximate surface area is 171 Å². The van der Waals surface area contributed by atoms with Crippen molar-refractivity contribution in [2.24, 2.45) is 0 Å². The SMILES string of the molecule is COC(=O)C(C(=O)Cc1ccc2ccccc2c1)c1csc2ccc(Cl)cc12. The number of esters is 1. The molecule has 3 aromatic carbocycles. The third-order valence-corrected chi connectivity index (χ3v) is 6.04. The maximum atomic E-state index is 13.1. The highest BCUT2D eigenvalue weighted by molar-refractivity contribution is 7.17. The molecule has 0 radical (unpaired) electrons. The third kappa shape index (κ3) is 3.53. The number of hydrogen-bond donors (Lipinski definition) is 0. The molecule has 0 saturated heterocycles. The normalized spacial score (nSPS) is 12.2. The number of Topliss-reactive ketones (excluding diaryl/α,β-unsaturated/α-hetero) is 1. The van der Waals surface area contributed by atoms with E-state index in [1.54, 1.807) is 12.1 Å². The third-order valence-electron chi connectivity index (χ3n) is 4.83. The van der Waals surface area contributed by atoms with Gasteiger partial charge in [-0.1, -0.05) is 54.1 Å². The molecule has 0 aliphatic rings. The Morgan fingerprint density at radius 2 is 1.82 bits per heavy atom. The summed E-state index contributed by atoms with van der Waals surface area (Å²) in [7, 11) is 1.31. The van der Waals surface area contributed by atoms with Crippen molar-refractivity contribution < 1.29 is 14.3 Å². The number of benzene rings is 3. The van der Waals surface area contributed by atoms with Crippen LogP contribution in [0.15, 0.2) is 66.0 Å². The van der Waals surface area contributed by atoms with Gasteiger partial charge in [-0.05, 0) is 50.9 Å². The van der Waals surface area contributed by atoms with Crippen molar-refractivity contribution in [1.82, 2.24) is 0 Å². The van der Waals surface area contributed by atoms with E-state index in [4.69, 9.17) is 16.3 Å². The van der Waals surface area contributed by atoms with E-state index in [-0.39, 0.29) is 12.2 Å². The zero-order chi connectivity index (χ0) is 19.7. The zero-order valence-electron chi connectivity index (χ0n) is 15.1. The first-order chi connectivity index (χ1) is 13.6. The molecule has 1 heterocycles. The van der Waals surface area contributed by atoms with Crippen molar-refractivity contribution >= 4 is 55.5 Å². The van der Waals surface area contributed by atoms with Gasteiger partial charge in [0.2, 0.25) is 0 Å². The van der Waals surface area contributed by atoms with Gasteiger partial charge in [-0.3, -0.25) is 9.59 Å². The summed E-state index contributed by atoms with van der Waals surface area (Å²) in [6.45, 7) is 0. The summed E-state index contributed by atoms with van der Waals surface area (Å²) in [5.74, 6) is -1.71. The van der Waals surface area contributed by atoms with Crippen LogP contribution in [-0.2, 0) is 20.7 Å². The van der Waals surface area contributed by atoms with E-state index in [1.165, 1.54) is 18.4 Å². The lowest BCUT2D eigenvalue weighted by molar-refractivity contribution is -0.145. The van der Waals surface area contributed by atoms with Gasteiger partial charge in [0.25, 0.3) is 0 Å². The number of rotatable bonds is 5. The number of thiophene rings is 1. The average molecular weight is 409 g/mol. The Balaban J connectivity index is 1.71. The highest BCUT2D eigenvalue weighted by Gasteiger charge is 2.31. The van der Waals surface area contributed by atoms with Crippen LogP contribution in [0.1, 0.15) is 17.0 Å². The Bertz CT molecular complexity index is 1190. The summed E-state index contributed by atoms with van der Waals surface area (Å²) in [5.41, 5.74) is 1.52. The van der Waals surface area contributed by atoms with Crippen molar-refractivity contribution in [1.29, 1.82) is 0 Å². The van der Waals surface area contributed by atoms with Gasteiger partial charge in [0, 0.05) is 16.1 Å². The average Bonchev–Trinajstić information content (AvgIpc) is 3.10. The van der Waals surface area contributed by atoms with Crippen molar-refractivity contribution in [2.45, 2.75) is 12.3 Å². The van der Waals surface area contributed by atoms with Crippen LogP contribution in [0.2, 0.25) is 5.02 Å². The van der Waals surface area contributed by atoms with Crippen molar-refractivity contribution in [3.63, 3.8) is 0 Å². The molecule has 1 atom stereocenters. The highest BCUT2D eigenvalue weighted by atomic mass is 35.5. The lowest BCUT2D eigenvalue weighted by Gasteiger charge is -2.14. The van der Waals surface area contributed by atoms with E-state index in [0.29, 0.717) is 10.6 Å². The first kappa shape index (κ1) is 18.7. The number of halogens is 1. The topological polar surface area (TPSA) is 43.4 Å². The molecule has 0 aliphatic carbocycles. The molecule has 0 saturated carbocycles. The quantitative estimate of drug-likeness (QED) is 0.310. The Morgan fingerprint density at radius 1 is 1.04 bits per heavy atom. The molecule has 4 rings (SSSR count). The van der Waals surface area contributed by atoms with E-state index in [2.05, 4.69) is 0 Å². The number of carbonyl (C=O) groups is 2. The van der Waals surface area contributed by atoms with Crippen LogP contribution >= 0.6 is 22.9 Å². The number of carbonyl (C=O) groups excluding carboxylic acids is 2. The van der Waals surface area contributed by atoms with Gasteiger partial charge in [0.15, 0.2) is 5.78 Å². The predicted octanol–water partition coefficient (Wildman–Crippen LogP) is 5.78. The van der Waals surface area contributed by atoms with E-state index in [1.807, 2.05) is 53.9 Å². The van der Waals surface area contributed by atoms with Gasteiger partial charge in [-0.15, -0.1) is 11.3 Å². The summed E-state index contributed by atoms with van der Waals surface area (Å²) in [6, 6.07) is 19.4. The fourth-order valence-corrected chi connectivity index (χ4v) is 4.59. The van der Waals surface area contributed by atoms with Crippen molar-refractivity contribution in [3.8, 4) is 0 Å². The van der Waals surface area contributed by atoms with Gasteiger partial charge in [0.1, 0.15) is 5.92 Å². The second kappa shape index (κ2) is 7.74. The van der Waals surface area contributed by atoms with Crippen LogP contribution in [0, 0.1) is 0 Å². The second-order valence-corrected chi connectivity index (χ2v) is 7.96. The molecule has 0 bridgehead atoms. The maximum absolute atomic E-state index is 13.1. The van der Waals surface area contributed by atoms with E-state index in [9.17, 15) is 9.59 Å². The number of methoxy groups -OCH3 is 1. The number of fused-ring (bicyclic) bond motifs is 2. The first-order valence-corrected chi connectivity index (χ1v) is 10.1. The molecule has 28 heavy (non-hydrogen) atoms. The molecular formula is C23H17ClO3S. The fourth-order valence-electron chi connectivity index (χ4n) is 3.45. The van der Waals surface area contributed by atoms with Crippen LogP contribution in [0.5, 0.6) is 0 Å². The number of hydrogen-bond acceptors (Lipinski definition) is 4. The molecule has 0 spiro atoms. The van der Waals surface area contributed by atoms with Crippen LogP contribution in [0.4, 0.5) is 0 Å². The van der Waals surface area contributed by atoms with Gasteiger partial charge < -0.3 is 4.74 Å². The van der Waals surface area contributed by atoms with Crippen LogP contribution < -0.4 is 0 Å². The van der Waals surface area contributed by atoms with Crippen LogP contribution in [-0.4, -0.2) is 18.9 Å². The Hall–Kier alpha value is -2.69. The van der Waals surface area contributed by atoms with Gasteiger partial charge in [0.05, 0.1) is 7.11 Å². The molecule has 1 unspecified atom stereocenters. The van der Waals surface area contributed by atoms with Crippen LogP contribution in [0.3, 0.4) is 0 Å². The summed E-state index contributed by atoms with van der Waals surface area (Å²) in [4.78, 5) is 25.7. The monoisotopic (exact) mass is 408 g/mol. The number of ether oxygens (including phenoxy) is 1. The minimum absolute atomic E-state index is 0.155. The molecule has 3 nitrogen and oxygen atoms in total. The molecule has 4 aromatic rings. The summed E-state index contributed by atoms with van der Waals surface area (Å²) < 4.78 is 5.93. The highest BCUT2D eigenvalue weighted by Crippen LogP contribution is 2.35. The molecule has 0 aliphatic heterocycles. The Kier molecular flexibility index (Phi) is 5.16. The molecule has 140 valence electrons. The predicted molar refractivity (Wildman–Crippen MR) is 114 cm³/mol. The molecule has 0 N–H and O–H groups in total. The first-order valence-electron chi connectivity index (χ1n) is 8.81. The van der Waals surface area contributed by atoms with Gasteiger partial charge >= 0.3 is 5.97 Å². The maximum Gasteiger partial charge on any atom is 0.320 e. The second-order valence-electron chi connectivity index (χ2n) is 6.61. The smallest absolute Gasteiger partial charge is 0.320 e. The van der Waals surface area contributed by atoms with Crippen LogP contribution in [0.25, 0.3) is 20.9 Å². The lowest BCUT2D eigenvalue weighted by atomic mass is 9.90. The largest absolute Gasteiger partial charge is 0.468 e. The summed E-state index contributed by atoms with van der Waals surface area (Å²) in [5, 5.41) is 5.41. The van der Waals surface area contributed by atoms with Gasteiger partial charge in [-0.2, -0.15) is 0 Å². The van der Waals surface area contributed by atoms with Crippen molar-refractivity contribution in [3.05, 3.63) is 82.2 Å². The molecular weight excluding hydrogens is 392 g/mol. The van der Waals surface area contributed by atoms with Gasteiger partial charge in [-0.25, -0.2) is 0 Å². The minimum Gasteiger partial charge on any atom is -0.468 e. The summed E-state index contributed by atoms with van der Waals surface area (Å²) in [6.07, 6.45) is 0.155.